The maximum absolute atomic E-state index is 9.24. The first-order valence-corrected chi connectivity index (χ1v) is 1.19. The third kappa shape index (κ3) is 18.6. The van der Waals surface area contributed by atoms with Crippen LogP contribution in [0.15, 0.2) is 0 Å². The molecule has 0 saturated heterocycles. The molecule has 3 nitrogen and oxygen atoms in total. The van der Waals surface area contributed by atoms with E-state index >= 15 is 0 Å². The number of carboxylic acid groups (broad SMARTS) is 1. The minimum atomic E-state index is -0.968. The number of carboxylic acids is 1. The maximum Gasteiger partial charge on any atom is 0.317 e. The van der Waals surface area contributed by atoms with Crippen LogP contribution in [-0.4, -0.2) is 76.7 Å². The van der Waals surface area contributed by atoms with Crippen molar-refractivity contribution in [2.75, 3.05) is 6.54 Å². The first-order chi connectivity index (χ1) is 2.27. The van der Waals surface area contributed by atoms with Crippen LogP contribution < -0.4 is 5.73 Å². The second-order valence-electron chi connectivity index (χ2n) is 0.598. The fraction of sp³-hybridized carbons (Fsp3) is 0.500. The first-order valence-electron chi connectivity index (χ1n) is 1.19. The second kappa shape index (κ2) is 10.4. The van der Waals surface area contributed by atoms with Crippen molar-refractivity contribution < 1.29 is 9.90 Å². The first kappa shape index (κ1) is 15.8. The third-order valence-corrected chi connectivity index (χ3v) is 0.175. The fourth-order valence-electron chi connectivity index (χ4n) is 0. The normalized spacial score (nSPS) is 5.29. The monoisotopic (exact) mass is 121 g/mol. The van der Waals surface area contributed by atoms with Crippen molar-refractivity contribution in [1.82, 2.24) is 0 Å². The van der Waals surface area contributed by atoms with E-state index in [4.69, 9.17) is 5.11 Å². The van der Waals surface area contributed by atoms with Crippen LogP contribution in [0.25, 0.3) is 0 Å². The molecule has 0 aromatic carbocycles. The van der Waals surface area contributed by atoms with E-state index in [1.165, 1.54) is 0 Å². The summed E-state index contributed by atoms with van der Waals surface area (Å²) in [6, 6.07) is 0. The van der Waals surface area contributed by atoms with Gasteiger partial charge < -0.3 is 10.8 Å². The molecular formula is C2H5NNa2O2. The number of hydrogen-bond acceptors (Lipinski definition) is 2. The molecule has 0 aliphatic rings. The van der Waals surface area contributed by atoms with E-state index in [1.54, 1.807) is 0 Å². The van der Waals surface area contributed by atoms with E-state index in [1.807, 2.05) is 0 Å². The molecule has 32 valence electrons. The minimum Gasteiger partial charge on any atom is -0.480 e. The average Bonchev–Trinajstić information content (AvgIpc) is 1.38. The third-order valence-electron chi connectivity index (χ3n) is 0.175. The van der Waals surface area contributed by atoms with Gasteiger partial charge in [0, 0.05) is 59.1 Å². The Bertz CT molecular complexity index is 49.0. The molecule has 0 aromatic rings. The topological polar surface area (TPSA) is 63.3 Å². The van der Waals surface area contributed by atoms with Crippen molar-refractivity contribution in [3.8, 4) is 0 Å². The zero-order chi connectivity index (χ0) is 4.28. The van der Waals surface area contributed by atoms with E-state index < -0.39 is 5.97 Å². The van der Waals surface area contributed by atoms with Crippen molar-refractivity contribution in [3.05, 3.63) is 0 Å². The zero-order valence-electron chi connectivity index (χ0n) is 4.64. The molecule has 0 unspecified atom stereocenters. The van der Waals surface area contributed by atoms with Crippen LogP contribution >= 0.6 is 0 Å². The summed E-state index contributed by atoms with van der Waals surface area (Å²) in [4.78, 5) is 9.24. The van der Waals surface area contributed by atoms with Gasteiger partial charge in [0.2, 0.25) is 0 Å². The molecule has 5 heteroatoms. The van der Waals surface area contributed by atoms with Crippen LogP contribution in [0.1, 0.15) is 0 Å². The molecule has 0 amide bonds. The molecule has 0 fully saturated rings. The summed E-state index contributed by atoms with van der Waals surface area (Å²) in [6.45, 7) is -0.278. The van der Waals surface area contributed by atoms with E-state index in [-0.39, 0.29) is 65.7 Å². The van der Waals surface area contributed by atoms with Gasteiger partial charge >= 0.3 is 5.97 Å². The van der Waals surface area contributed by atoms with Gasteiger partial charge in [0.05, 0.1) is 6.54 Å². The Morgan fingerprint density at radius 1 is 1.57 bits per heavy atom. The Kier molecular flexibility index (Phi) is 23.5. The Balaban J connectivity index is -0.0000000800. The molecule has 0 rings (SSSR count). The van der Waals surface area contributed by atoms with Gasteiger partial charge in [0.1, 0.15) is 0 Å². The standard InChI is InChI=1S/C2H5NO2.2Na/c3-1-2(4)5;;/h1,3H2,(H,4,5);;. The predicted octanol–water partition coefficient (Wildman–Crippen LogP) is -1.73. The minimum absolute atomic E-state index is 0. The largest absolute Gasteiger partial charge is 0.480 e. The van der Waals surface area contributed by atoms with Gasteiger partial charge in [-0.05, 0) is 0 Å². The summed E-state index contributed by atoms with van der Waals surface area (Å²) in [5.41, 5.74) is 4.57. The molecule has 0 aliphatic heterocycles. The molecule has 0 saturated carbocycles. The molecule has 0 aromatic heterocycles. The van der Waals surface area contributed by atoms with Gasteiger partial charge in [0.25, 0.3) is 0 Å². The molecule has 0 heterocycles. The number of nitrogens with two attached hydrogens (primary N) is 1. The molecule has 0 aliphatic carbocycles. The summed E-state index contributed by atoms with van der Waals surface area (Å²) in [5.74, 6) is -0.968. The van der Waals surface area contributed by atoms with Gasteiger partial charge in [-0.25, -0.2) is 0 Å². The number of carbonyl (C=O) groups is 1. The van der Waals surface area contributed by atoms with Crippen LogP contribution in [0.5, 0.6) is 0 Å². The summed E-state index contributed by atoms with van der Waals surface area (Å²) in [5, 5.41) is 7.60. The average molecular weight is 121 g/mol. The molecule has 7 heavy (non-hydrogen) atoms. The quantitative estimate of drug-likeness (QED) is 0.405. The Labute approximate surface area is 86.2 Å². The van der Waals surface area contributed by atoms with Crippen molar-refractivity contribution >= 4 is 65.1 Å². The molecule has 0 atom stereocenters. The molecule has 3 N–H and O–H groups in total. The summed E-state index contributed by atoms with van der Waals surface area (Å²) in [6.07, 6.45) is 0. The fourth-order valence-corrected chi connectivity index (χ4v) is 0. The summed E-state index contributed by atoms with van der Waals surface area (Å²) in [7, 11) is 0. The van der Waals surface area contributed by atoms with Gasteiger partial charge in [-0.1, -0.05) is 0 Å². The summed E-state index contributed by atoms with van der Waals surface area (Å²) < 4.78 is 0. The zero-order valence-corrected chi connectivity index (χ0v) is 8.64. The van der Waals surface area contributed by atoms with E-state index in [0.717, 1.165) is 0 Å². The van der Waals surface area contributed by atoms with E-state index in [9.17, 15) is 4.79 Å². The number of rotatable bonds is 1. The maximum atomic E-state index is 9.24. The van der Waals surface area contributed by atoms with Gasteiger partial charge in [-0.3, -0.25) is 4.79 Å². The number of aliphatic carboxylic acids is 1. The van der Waals surface area contributed by atoms with Gasteiger partial charge in [-0.2, -0.15) is 0 Å². The van der Waals surface area contributed by atoms with Crippen LogP contribution in [0.3, 0.4) is 0 Å². The molecular weight excluding hydrogens is 116 g/mol. The molecule has 2 radical (unpaired) electrons. The SMILES string of the molecule is NCC(=O)O.[Na].[Na]. The predicted molar refractivity (Wildman–Crippen MR) is 28.2 cm³/mol. The Morgan fingerprint density at radius 3 is 1.71 bits per heavy atom. The Hall–Kier alpha value is 1.43. The van der Waals surface area contributed by atoms with Crippen LogP contribution in [0.2, 0.25) is 0 Å². The van der Waals surface area contributed by atoms with Gasteiger partial charge in [-0.15, -0.1) is 0 Å². The summed E-state index contributed by atoms with van der Waals surface area (Å²) >= 11 is 0. The van der Waals surface area contributed by atoms with Crippen LogP contribution in [0, 0.1) is 0 Å². The van der Waals surface area contributed by atoms with Crippen LogP contribution in [0.4, 0.5) is 0 Å². The van der Waals surface area contributed by atoms with Crippen molar-refractivity contribution in [1.29, 1.82) is 0 Å². The molecule has 0 bridgehead atoms. The second-order valence-corrected chi connectivity index (χ2v) is 0.598. The smallest absolute Gasteiger partial charge is 0.317 e. The van der Waals surface area contributed by atoms with E-state index in [2.05, 4.69) is 5.73 Å². The van der Waals surface area contributed by atoms with Crippen molar-refractivity contribution in [2.24, 2.45) is 5.73 Å². The van der Waals surface area contributed by atoms with E-state index in [0.29, 0.717) is 0 Å². The number of hydrogen-bond donors (Lipinski definition) is 2. The Morgan fingerprint density at radius 2 is 1.71 bits per heavy atom. The van der Waals surface area contributed by atoms with Crippen LogP contribution in [-0.2, 0) is 4.79 Å². The van der Waals surface area contributed by atoms with Crippen molar-refractivity contribution in [2.45, 2.75) is 0 Å². The van der Waals surface area contributed by atoms with Gasteiger partial charge in [0.15, 0.2) is 0 Å². The van der Waals surface area contributed by atoms with Crippen molar-refractivity contribution in [3.63, 3.8) is 0 Å². The molecule has 0 spiro atoms.